The highest BCUT2D eigenvalue weighted by molar-refractivity contribution is 7.13. The van der Waals surface area contributed by atoms with Crippen molar-refractivity contribution in [1.82, 2.24) is 14.9 Å². The molecule has 0 spiro atoms. The zero-order chi connectivity index (χ0) is 22.6. The lowest BCUT2D eigenvalue weighted by Crippen LogP contribution is -2.39. The SMILES string of the molecule is COC=C=CC1CCCN1Cc1ccc2c(c1)NC(=O)N(c1csc(-c3ccncc3)n1)C2. The average Bonchev–Trinajstić information content (AvgIpc) is 3.49. The van der Waals surface area contributed by atoms with Crippen molar-refractivity contribution in [1.29, 1.82) is 0 Å². The molecule has 0 bridgehead atoms. The molecular weight excluding hydrogens is 434 g/mol. The van der Waals surface area contributed by atoms with E-state index in [0.717, 1.165) is 41.3 Å². The summed E-state index contributed by atoms with van der Waals surface area (Å²) in [7, 11) is 1.63. The summed E-state index contributed by atoms with van der Waals surface area (Å²) in [5, 5.41) is 5.85. The maximum absolute atomic E-state index is 12.9. The van der Waals surface area contributed by atoms with E-state index in [1.165, 1.54) is 23.3 Å². The number of likely N-dealkylation sites (tertiary alicyclic amines) is 1. The number of thiazole rings is 1. The van der Waals surface area contributed by atoms with Crippen LogP contribution >= 0.6 is 11.3 Å². The molecule has 1 saturated heterocycles. The molecule has 33 heavy (non-hydrogen) atoms. The molecule has 1 N–H and O–H groups in total. The van der Waals surface area contributed by atoms with Crippen LogP contribution in [0.15, 0.2) is 66.2 Å². The Balaban J connectivity index is 1.30. The van der Waals surface area contributed by atoms with Crippen LogP contribution in [0.3, 0.4) is 0 Å². The van der Waals surface area contributed by atoms with Gasteiger partial charge in [0.25, 0.3) is 0 Å². The molecule has 5 rings (SSSR count). The number of carbonyl (C=O) groups excluding carboxylic acids is 1. The van der Waals surface area contributed by atoms with Gasteiger partial charge in [-0.25, -0.2) is 9.78 Å². The van der Waals surface area contributed by atoms with Crippen LogP contribution in [0, 0.1) is 0 Å². The first-order valence-corrected chi connectivity index (χ1v) is 11.8. The molecule has 1 unspecified atom stereocenters. The Morgan fingerprint density at radius 1 is 1.30 bits per heavy atom. The minimum Gasteiger partial charge on any atom is -0.496 e. The molecule has 2 aromatic heterocycles. The molecule has 2 amide bonds. The van der Waals surface area contributed by atoms with Crippen LogP contribution in [-0.4, -0.2) is 40.6 Å². The summed E-state index contributed by atoms with van der Waals surface area (Å²) in [5.41, 5.74) is 7.24. The van der Waals surface area contributed by atoms with Gasteiger partial charge in [-0.1, -0.05) is 17.9 Å². The number of nitrogens with zero attached hydrogens (tertiary/aromatic N) is 4. The summed E-state index contributed by atoms with van der Waals surface area (Å²) >= 11 is 1.52. The van der Waals surface area contributed by atoms with Crippen molar-refractivity contribution in [3.05, 3.63) is 77.3 Å². The molecule has 3 aromatic rings. The van der Waals surface area contributed by atoms with E-state index in [1.54, 1.807) is 30.7 Å². The topological polar surface area (TPSA) is 70.6 Å². The van der Waals surface area contributed by atoms with Crippen LogP contribution in [0.2, 0.25) is 0 Å². The van der Waals surface area contributed by atoms with E-state index in [9.17, 15) is 4.79 Å². The quantitative estimate of drug-likeness (QED) is 0.413. The van der Waals surface area contributed by atoms with Gasteiger partial charge in [-0.2, -0.15) is 0 Å². The highest BCUT2D eigenvalue weighted by atomic mass is 32.1. The Morgan fingerprint density at radius 3 is 3.03 bits per heavy atom. The molecule has 1 fully saturated rings. The third kappa shape index (κ3) is 4.68. The Kier molecular flexibility index (Phi) is 6.21. The van der Waals surface area contributed by atoms with Gasteiger partial charge < -0.3 is 10.1 Å². The fourth-order valence-corrected chi connectivity index (χ4v) is 5.11. The van der Waals surface area contributed by atoms with Gasteiger partial charge in [-0.05, 0) is 54.8 Å². The second-order valence-electron chi connectivity index (χ2n) is 8.12. The van der Waals surface area contributed by atoms with Crippen LogP contribution in [-0.2, 0) is 17.8 Å². The van der Waals surface area contributed by atoms with Crippen molar-refractivity contribution >= 4 is 28.9 Å². The van der Waals surface area contributed by atoms with E-state index in [0.29, 0.717) is 18.4 Å². The highest BCUT2D eigenvalue weighted by Gasteiger charge is 2.27. The Morgan fingerprint density at radius 2 is 2.18 bits per heavy atom. The van der Waals surface area contributed by atoms with Crippen molar-refractivity contribution < 1.29 is 9.53 Å². The monoisotopic (exact) mass is 459 g/mol. The zero-order valence-electron chi connectivity index (χ0n) is 18.4. The number of hydrogen-bond donors (Lipinski definition) is 1. The number of ether oxygens (including phenoxy) is 1. The maximum Gasteiger partial charge on any atom is 0.327 e. The van der Waals surface area contributed by atoms with Crippen LogP contribution in [0.4, 0.5) is 16.3 Å². The van der Waals surface area contributed by atoms with E-state index in [2.05, 4.69) is 50.2 Å². The third-order valence-corrected chi connectivity index (χ3v) is 6.84. The van der Waals surface area contributed by atoms with Crippen LogP contribution in [0.1, 0.15) is 24.0 Å². The third-order valence-electron chi connectivity index (χ3n) is 5.96. The molecular formula is C25H25N5O2S. The first kappa shape index (κ1) is 21.4. The van der Waals surface area contributed by atoms with Gasteiger partial charge in [0.05, 0.1) is 13.7 Å². The van der Waals surface area contributed by atoms with Crippen molar-refractivity contribution in [2.45, 2.75) is 32.0 Å². The number of hydrogen-bond acceptors (Lipinski definition) is 6. The van der Waals surface area contributed by atoms with Gasteiger partial charge in [-0.15, -0.1) is 11.3 Å². The molecule has 0 radical (unpaired) electrons. The molecule has 1 aromatic carbocycles. The number of nitrogens with one attached hydrogen (secondary N) is 1. The maximum atomic E-state index is 12.9. The van der Waals surface area contributed by atoms with Crippen molar-refractivity contribution in [3.63, 3.8) is 0 Å². The van der Waals surface area contributed by atoms with Gasteiger partial charge >= 0.3 is 6.03 Å². The normalized spacial score (nSPS) is 17.8. The summed E-state index contributed by atoms with van der Waals surface area (Å²) < 4.78 is 4.96. The molecule has 4 heterocycles. The van der Waals surface area contributed by atoms with E-state index in [-0.39, 0.29) is 6.03 Å². The van der Waals surface area contributed by atoms with Crippen LogP contribution < -0.4 is 10.2 Å². The number of rotatable bonds is 6. The number of amides is 2. The standard InChI is InChI=1S/C25H25N5O2S/c1-32-13-3-5-21-4-2-12-29(21)15-18-6-7-20-16-30(25(31)27-22(20)14-18)23-17-33-24(28-23)19-8-10-26-11-9-19/h5-11,13-14,17,21H,2,4,12,15-16H2,1H3,(H,27,31). The summed E-state index contributed by atoms with van der Waals surface area (Å²) in [6.07, 6.45) is 9.43. The fourth-order valence-electron chi connectivity index (χ4n) is 4.29. The van der Waals surface area contributed by atoms with Gasteiger partial charge in [0.2, 0.25) is 0 Å². The van der Waals surface area contributed by atoms with Gasteiger partial charge in [0.1, 0.15) is 17.1 Å². The van der Waals surface area contributed by atoms with E-state index < -0.39 is 0 Å². The number of benzene rings is 1. The molecule has 0 aliphatic carbocycles. The van der Waals surface area contributed by atoms with Gasteiger partial charge in [0, 0.05) is 41.6 Å². The Labute approximate surface area is 197 Å². The number of aromatic nitrogens is 2. The summed E-state index contributed by atoms with van der Waals surface area (Å²) in [6.45, 7) is 2.39. The molecule has 7 nitrogen and oxygen atoms in total. The number of methoxy groups -OCH3 is 1. The molecule has 0 saturated carbocycles. The van der Waals surface area contributed by atoms with Crippen LogP contribution in [0.5, 0.6) is 0 Å². The number of pyridine rings is 1. The summed E-state index contributed by atoms with van der Waals surface area (Å²) in [6, 6.07) is 10.4. The first-order valence-electron chi connectivity index (χ1n) is 11.0. The molecule has 168 valence electrons. The lowest BCUT2D eigenvalue weighted by atomic mass is 10.1. The Hall–Kier alpha value is -3.45. The van der Waals surface area contributed by atoms with Crippen molar-refractivity contribution in [2.24, 2.45) is 0 Å². The highest BCUT2D eigenvalue weighted by Crippen LogP contribution is 2.32. The number of carbonyl (C=O) groups is 1. The largest absolute Gasteiger partial charge is 0.496 e. The summed E-state index contributed by atoms with van der Waals surface area (Å²) in [5.74, 6) is 0.662. The Bertz CT molecular complexity index is 1200. The predicted octanol–water partition coefficient (Wildman–Crippen LogP) is 5.04. The predicted molar refractivity (Wildman–Crippen MR) is 130 cm³/mol. The second kappa shape index (κ2) is 9.58. The molecule has 1 atom stereocenters. The molecule has 2 aliphatic rings. The van der Waals surface area contributed by atoms with E-state index in [4.69, 9.17) is 4.74 Å². The zero-order valence-corrected chi connectivity index (χ0v) is 19.2. The van der Waals surface area contributed by atoms with E-state index in [1.807, 2.05) is 17.5 Å². The fraction of sp³-hybridized carbons (Fsp3) is 0.280. The lowest BCUT2D eigenvalue weighted by Gasteiger charge is -2.29. The minimum absolute atomic E-state index is 0.155. The second-order valence-corrected chi connectivity index (χ2v) is 8.98. The average molecular weight is 460 g/mol. The van der Waals surface area contributed by atoms with Gasteiger partial charge in [0.15, 0.2) is 0 Å². The summed E-state index contributed by atoms with van der Waals surface area (Å²) in [4.78, 5) is 25.7. The van der Waals surface area contributed by atoms with E-state index >= 15 is 0 Å². The van der Waals surface area contributed by atoms with Crippen molar-refractivity contribution in [2.75, 3.05) is 23.9 Å². The lowest BCUT2D eigenvalue weighted by molar-refractivity contribution is 0.256. The number of urea groups is 1. The van der Waals surface area contributed by atoms with Crippen molar-refractivity contribution in [3.8, 4) is 10.6 Å². The molecule has 8 heteroatoms. The number of fused-ring (bicyclic) bond motifs is 1. The minimum atomic E-state index is -0.155. The van der Waals surface area contributed by atoms with Gasteiger partial charge in [-0.3, -0.25) is 14.8 Å². The first-order chi connectivity index (χ1) is 16.2. The van der Waals surface area contributed by atoms with Crippen LogP contribution in [0.25, 0.3) is 10.6 Å². The smallest absolute Gasteiger partial charge is 0.327 e. The molecule has 2 aliphatic heterocycles. The number of anilines is 2.